The van der Waals surface area contributed by atoms with Gasteiger partial charge in [0.1, 0.15) is 5.82 Å². The minimum absolute atomic E-state index is 0.125. The van der Waals surface area contributed by atoms with Crippen LogP contribution in [0.1, 0.15) is 24.4 Å². The van der Waals surface area contributed by atoms with Crippen molar-refractivity contribution < 1.29 is 4.39 Å². The molecule has 0 atom stereocenters. The van der Waals surface area contributed by atoms with Crippen molar-refractivity contribution in [2.24, 2.45) is 0 Å². The second kappa shape index (κ2) is 6.24. The van der Waals surface area contributed by atoms with Crippen LogP contribution in [0.4, 0.5) is 4.39 Å². The van der Waals surface area contributed by atoms with Crippen LogP contribution in [0.25, 0.3) is 11.0 Å². The molecule has 0 saturated carbocycles. The van der Waals surface area contributed by atoms with Crippen molar-refractivity contribution in [3.8, 4) is 0 Å². The number of piperidine rings is 1. The molecular weight excluding hydrogens is 305 g/mol. The highest BCUT2D eigenvalue weighted by Crippen LogP contribution is 2.26. The first-order chi connectivity index (χ1) is 11.7. The summed E-state index contributed by atoms with van der Waals surface area (Å²) in [4.78, 5) is 17.5. The van der Waals surface area contributed by atoms with Crippen LogP contribution in [0.2, 0.25) is 0 Å². The van der Waals surface area contributed by atoms with E-state index in [0.717, 1.165) is 32.5 Å². The van der Waals surface area contributed by atoms with Crippen LogP contribution in [-0.4, -0.2) is 27.5 Å². The molecule has 124 valence electrons. The predicted molar refractivity (Wildman–Crippen MR) is 92.5 cm³/mol. The number of halogens is 1. The summed E-state index contributed by atoms with van der Waals surface area (Å²) in [6, 6.07) is 15.0. The second-order valence-corrected chi connectivity index (χ2v) is 6.45. The van der Waals surface area contributed by atoms with Gasteiger partial charge in [0.15, 0.2) is 0 Å². The fraction of sp³-hybridized carbons (Fsp3) is 0.316. The highest BCUT2D eigenvalue weighted by atomic mass is 19.1. The van der Waals surface area contributed by atoms with Gasteiger partial charge in [0.25, 0.3) is 0 Å². The SMILES string of the molecule is O=c1[nH]c2ccc(F)cc2n1C1CCN(Cc2ccccc2)CC1. The summed E-state index contributed by atoms with van der Waals surface area (Å²) >= 11 is 0. The van der Waals surface area contributed by atoms with Crippen molar-refractivity contribution in [2.75, 3.05) is 13.1 Å². The number of fused-ring (bicyclic) bond motifs is 1. The standard InChI is InChI=1S/C19H20FN3O/c20-15-6-7-17-18(12-15)23(19(24)21-17)16-8-10-22(11-9-16)13-14-4-2-1-3-5-14/h1-7,12,16H,8-11,13H2,(H,21,24). The Morgan fingerprint density at radius 2 is 1.83 bits per heavy atom. The van der Waals surface area contributed by atoms with E-state index in [1.54, 1.807) is 10.6 Å². The van der Waals surface area contributed by atoms with Gasteiger partial charge in [0.05, 0.1) is 11.0 Å². The molecule has 1 aliphatic rings. The third kappa shape index (κ3) is 2.87. The van der Waals surface area contributed by atoms with E-state index in [1.807, 2.05) is 6.07 Å². The average Bonchev–Trinajstić information content (AvgIpc) is 2.92. The number of benzene rings is 2. The largest absolute Gasteiger partial charge is 0.326 e. The first-order valence-corrected chi connectivity index (χ1v) is 8.37. The molecule has 0 radical (unpaired) electrons. The summed E-state index contributed by atoms with van der Waals surface area (Å²) < 4.78 is 15.3. The van der Waals surface area contributed by atoms with Crippen molar-refractivity contribution in [1.29, 1.82) is 0 Å². The van der Waals surface area contributed by atoms with Gasteiger partial charge in [-0.2, -0.15) is 0 Å². The Balaban J connectivity index is 1.51. The molecule has 0 bridgehead atoms. The number of nitrogens with zero attached hydrogens (tertiary/aromatic N) is 2. The fourth-order valence-corrected chi connectivity index (χ4v) is 3.63. The number of hydrogen-bond donors (Lipinski definition) is 1. The fourth-order valence-electron chi connectivity index (χ4n) is 3.63. The lowest BCUT2D eigenvalue weighted by molar-refractivity contribution is 0.180. The summed E-state index contributed by atoms with van der Waals surface area (Å²) in [5.74, 6) is -0.309. The van der Waals surface area contributed by atoms with Crippen LogP contribution in [0.5, 0.6) is 0 Å². The van der Waals surface area contributed by atoms with Crippen molar-refractivity contribution in [3.63, 3.8) is 0 Å². The van der Waals surface area contributed by atoms with Gasteiger partial charge < -0.3 is 4.98 Å². The molecule has 1 aromatic heterocycles. The first kappa shape index (κ1) is 15.1. The molecule has 1 fully saturated rings. The minimum Gasteiger partial charge on any atom is -0.306 e. The maximum Gasteiger partial charge on any atom is 0.326 e. The molecule has 1 aliphatic heterocycles. The monoisotopic (exact) mass is 325 g/mol. The van der Waals surface area contributed by atoms with E-state index in [2.05, 4.69) is 34.1 Å². The number of imidazole rings is 1. The van der Waals surface area contributed by atoms with Crippen LogP contribution in [0.3, 0.4) is 0 Å². The molecule has 3 aromatic rings. The summed E-state index contributed by atoms with van der Waals surface area (Å²) in [6.45, 7) is 2.81. The van der Waals surface area contributed by atoms with Gasteiger partial charge in [0.2, 0.25) is 0 Å². The number of hydrogen-bond acceptors (Lipinski definition) is 2. The van der Waals surface area contributed by atoms with E-state index in [-0.39, 0.29) is 17.5 Å². The highest BCUT2D eigenvalue weighted by Gasteiger charge is 2.23. The Bertz CT molecular complexity index is 892. The molecule has 2 aromatic carbocycles. The second-order valence-electron chi connectivity index (χ2n) is 6.45. The maximum atomic E-state index is 13.6. The van der Waals surface area contributed by atoms with Crippen molar-refractivity contribution in [1.82, 2.24) is 14.5 Å². The summed E-state index contributed by atoms with van der Waals surface area (Å²) in [6.07, 6.45) is 1.80. The zero-order valence-corrected chi connectivity index (χ0v) is 13.4. The number of rotatable bonds is 3. The molecule has 5 heteroatoms. The van der Waals surface area contributed by atoms with Gasteiger partial charge in [-0.15, -0.1) is 0 Å². The van der Waals surface area contributed by atoms with Gasteiger partial charge in [-0.3, -0.25) is 9.47 Å². The van der Waals surface area contributed by atoms with E-state index in [1.165, 1.54) is 17.7 Å². The number of H-pyrrole nitrogens is 1. The van der Waals surface area contributed by atoms with Gasteiger partial charge in [0, 0.05) is 25.7 Å². The van der Waals surface area contributed by atoms with Gasteiger partial charge >= 0.3 is 5.69 Å². The van der Waals surface area contributed by atoms with Crippen LogP contribution in [-0.2, 0) is 6.54 Å². The quantitative estimate of drug-likeness (QED) is 0.803. The Hall–Kier alpha value is -2.40. The molecule has 1 N–H and O–H groups in total. The van der Waals surface area contributed by atoms with E-state index >= 15 is 0 Å². The van der Waals surface area contributed by atoms with E-state index in [0.29, 0.717) is 11.0 Å². The number of likely N-dealkylation sites (tertiary alicyclic amines) is 1. The smallest absolute Gasteiger partial charge is 0.306 e. The zero-order chi connectivity index (χ0) is 16.5. The lowest BCUT2D eigenvalue weighted by Gasteiger charge is -2.32. The lowest BCUT2D eigenvalue weighted by atomic mass is 10.0. The van der Waals surface area contributed by atoms with Gasteiger partial charge in [-0.1, -0.05) is 30.3 Å². The normalized spacial score (nSPS) is 16.7. The van der Waals surface area contributed by atoms with E-state index in [9.17, 15) is 9.18 Å². The molecule has 1 saturated heterocycles. The minimum atomic E-state index is -0.309. The maximum absolute atomic E-state index is 13.6. The zero-order valence-electron chi connectivity index (χ0n) is 13.4. The molecule has 0 amide bonds. The number of aromatic amines is 1. The molecule has 24 heavy (non-hydrogen) atoms. The van der Waals surface area contributed by atoms with Crippen molar-refractivity contribution in [3.05, 3.63) is 70.4 Å². The van der Waals surface area contributed by atoms with E-state index < -0.39 is 0 Å². The van der Waals surface area contributed by atoms with Crippen LogP contribution < -0.4 is 5.69 Å². The third-order valence-electron chi connectivity index (χ3n) is 4.85. The third-order valence-corrected chi connectivity index (χ3v) is 4.85. The van der Waals surface area contributed by atoms with Crippen molar-refractivity contribution in [2.45, 2.75) is 25.4 Å². The molecule has 0 aliphatic carbocycles. The van der Waals surface area contributed by atoms with Crippen LogP contribution in [0, 0.1) is 5.82 Å². The molecular formula is C19H20FN3O. The number of aromatic nitrogens is 2. The van der Waals surface area contributed by atoms with Gasteiger partial charge in [-0.05, 0) is 36.6 Å². The number of nitrogens with one attached hydrogen (secondary N) is 1. The predicted octanol–water partition coefficient (Wildman–Crippen LogP) is 3.31. The Morgan fingerprint density at radius 3 is 2.58 bits per heavy atom. The average molecular weight is 325 g/mol. The Kier molecular flexibility index (Phi) is 3.94. The van der Waals surface area contributed by atoms with Crippen LogP contribution in [0.15, 0.2) is 53.3 Å². The molecule has 2 heterocycles. The highest BCUT2D eigenvalue weighted by molar-refractivity contribution is 5.75. The Labute approximate surface area is 139 Å². The van der Waals surface area contributed by atoms with Gasteiger partial charge in [-0.25, -0.2) is 9.18 Å². The first-order valence-electron chi connectivity index (χ1n) is 8.37. The molecule has 0 spiro atoms. The summed E-state index contributed by atoms with van der Waals surface area (Å²) in [5, 5.41) is 0. The molecule has 4 nitrogen and oxygen atoms in total. The van der Waals surface area contributed by atoms with Crippen molar-refractivity contribution >= 4 is 11.0 Å². The van der Waals surface area contributed by atoms with E-state index in [4.69, 9.17) is 0 Å². The lowest BCUT2D eigenvalue weighted by Crippen LogP contribution is -2.36. The summed E-state index contributed by atoms with van der Waals surface area (Å²) in [5.41, 5.74) is 2.54. The summed E-state index contributed by atoms with van der Waals surface area (Å²) in [7, 11) is 0. The van der Waals surface area contributed by atoms with Crippen LogP contribution >= 0.6 is 0 Å². The molecule has 4 rings (SSSR count). The topological polar surface area (TPSA) is 41.0 Å². The molecule has 0 unspecified atom stereocenters. The Morgan fingerprint density at radius 1 is 1.08 bits per heavy atom.